The SMILES string of the molecule is CC(O)CC(C)Nc1cc(C(=O)N(C)C)ccc1[N+](=O)[O-]. The second kappa shape index (κ2) is 7.03. The van der Waals surface area contributed by atoms with Gasteiger partial charge >= 0.3 is 0 Å². The number of carbonyl (C=O) groups is 1. The maximum absolute atomic E-state index is 11.9. The fourth-order valence-electron chi connectivity index (χ4n) is 2.04. The molecule has 1 aromatic rings. The summed E-state index contributed by atoms with van der Waals surface area (Å²) in [6, 6.07) is 4.06. The van der Waals surface area contributed by atoms with Crippen LogP contribution in [0.5, 0.6) is 0 Å². The predicted octanol–water partition coefficient (Wildman–Crippen LogP) is 1.87. The van der Waals surface area contributed by atoms with Crippen LogP contribution in [0.15, 0.2) is 18.2 Å². The molecular weight excluding hydrogens is 274 g/mol. The highest BCUT2D eigenvalue weighted by Crippen LogP contribution is 2.27. The zero-order chi connectivity index (χ0) is 16.2. The molecule has 0 aliphatic carbocycles. The van der Waals surface area contributed by atoms with Gasteiger partial charge in [-0.3, -0.25) is 14.9 Å². The zero-order valence-electron chi connectivity index (χ0n) is 12.7. The normalized spacial score (nSPS) is 13.4. The molecule has 1 rings (SSSR count). The lowest BCUT2D eigenvalue weighted by atomic mass is 10.1. The van der Waals surface area contributed by atoms with Gasteiger partial charge in [-0.2, -0.15) is 0 Å². The lowest BCUT2D eigenvalue weighted by Gasteiger charge is -2.18. The number of benzene rings is 1. The van der Waals surface area contributed by atoms with Gasteiger partial charge in [0.05, 0.1) is 11.0 Å². The smallest absolute Gasteiger partial charge is 0.292 e. The van der Waals surface area contributed by atoms with Crippen LogP contribution in [0.25, 0.3) is 0 Å². The highest BCUT2D eigenvalue weighted by Gasteiger charge is 2.19. The first-order chi connectivity index (χ1) is 9.72. The molecule has 1 amide bonds. The number of aliphatic hydroxyl groups is 1. The first-order valence-electron chi connectivity index (χ1n) is 6.67. The van der Waals surface area contributed by atoms with Crippen molar-refractivity contribution in [3.63, 3.8) is 0 Å². The topological polar surface area (TPSA) is 95.7 Å². The number of rotatable bonds is 6. The number of carbonyl (C=O) groups excluding carboxylic acids is 1. The van der Waals surface area contributed by atoms with Crippen LogP contribution in [0, 0.1) is 10.1 Å². The van der Waals surface area contributed by atoms with Gasteiger partial charge in [0.15, 0.2) is 0 Å². The van der Waals surface area contributed by atoms with E-state index in [1.165, 1.54) is 23.1 Å². The lowest BCUT2D eigenvalue weighted by molar-refractivity contribution is -0.384. The Morgan fingerprint density at radius 3 is 2.52 bits per heavy atom. The number of anilines is 1. The van der Waals surface area contributed by atoms with Gasteiger partial charge in [-0.1, -0.05) is 0 Å². The van der Waals surface area contributed by atoms with Gasteiger partial charge in [0.2, 0.25) is 0 Å². The summed E-state index contributed by atoms with van der Waals surface area (Å²) < 4.78 is 0. The molecule has 7 nitrogen and oxygen atoms in total. The summed E-state index contributed by atoms with van der Waals surface area (Å²) in [6.07, 6.45) is -0.0682. The number of hydrogen-bond donors (Lipinski definition) is 2. The average molecular weight is 295 g/mol. The van der Waals surface area contributed by atoms with E-state index in [0.717, 1.165) is 0 Å². The van der Waals surface area contributed by atoms with Crippen molar-refractivity contribution in [3.05, 3.63) is 33.9 Å². The summed E-state index contributed by atoms with van der Waals surface area (Å²) >= 11 is 0. The molecule has 7 heteroatoms. The minimum absolute atomic E-state index is 0.0947. The van der Waals surface area contributed by atoms with E-state index in [1.54, 1.807) is 21.0 Å². The Morgan fingerprint density at radius 2 is 2.05 bits per heavy atom. The van der Waals surface area contributed by atoms with Gasteiger partial charge in [-0.25, -0.2) is 0 Å². The number of amides is 1. The van der Waals surface area contributed by atoms with Crippen LogP contribution in [0.1, 0.15) is 30.6 Å². The number of nitro benzene ring substituents is 1. The molecule has 0 fully saturated rings. The summed E-state index contributed by atoms with van der Waals surface area (Å²) in [5, 5.41) is 23.4. The van der Waals surface area contributed by atoms with E-state index < -0.39 is 11.0 Å². The molecule has 0 aromatic heterocycles. The molecule has 2 unspecified atom stereocenters. The number of aliphatic hydroxyl groups excluding tert-OH is 1. The fraction of sp³-hybridized carbons (Fsp3) is 0.500. The minimum atomic E-state index is -0.516. The molecule has 0 bridgehead atoms. The van der Waals surface area contributed by atoms with E-state index in [-0.39, 0.29) is 23.3 Å². The van der Waals surface area contributed by atoms with Crippen molar-refractivity contribution in [1.29, 1.82) is 0 Å². The van der Waals surface area contributed by atoms with E-state index in [9.17, 15) is 20.0 Å². The van der Waals surface area contributed by atoms with Crippen molar-refractivity contribution in [2.75, 3.05) is 19.4 Å². The van der Waals surface area contributed by atoms with Crippen molar-refractivity contribution >= 4 is 17.3 Å². The molecule has 0 radical (unpaired) electrons. The highest BCUT2D eigenvalue weighted by molar-refractivity contribution is 5.95. The average Bonchev–Trinajstić information content (AvgIpc) is 2.36. The van der Waals surface area contributed by atoms with E-state index in [0.29, 0.717) is 12.0 Å². The Labute approximate surface area is 123 Å². The van der Waals surface area contributed by atoms with E-state index in [2.05, 4.69) is 5.32 Å². The van der Waals surface area contributed by atoms with Crippen LogP contribution < -0.4 is 5.32 Å². The van der Waals surface area contributed by atoms with Gasteiger partial charge in [-0.15, -0.1) is 0 Å². The fourth-order valence-corrected chi connectivity index (χ4v) is 2.04. The summed E-state index contributed by atoms with van der Waals surface area (Å²) in [5.74, 6) is -0.226. The summed E-state index contributed by atoms with van der Waals surface area (Å²) in [5.41, 5.74) is 0.556. The molecule has 0 saturated heterocycles. The minimum Gasteiger partial charge on any atom is -0.393 e. The molecule has 2 atom stereocenters. The standard InChI is InChI=1S/C14H21N3O4/c1-9(7-10(2)18)15-12-8-11(14(19)16(3)4)5-6-13(12)17(20)21/h5-6,8-10,15,18H,7H2,1-4H3. The summed E-state index contributed by atoms with van der Waals surface area (Å²) in [7, 11) is 3.24. The molecule has 2 N–H and O–H groups in total. The molecule has 0 heterocycles. The van der Waals surface area contributed by atoms with E-state index in [4.69, 9.17) is 0 Å². The maximum Gasteiger partial charge on any atom is 0.292 e. The van der Waals surface area contributed by atoms with Crippen LogP contribution in [0.4, 0.5) is 11.4 Å². The van der Waals surface area contributed by atoms with Crippen LogP contribution >= 0.6 is 0 Å². The number of nitrogens with one attached hydrogen (secondary N) is 1. The van der Waals surface area contributed by atoms with Crippen LogP contribution in [-0.4, -0.2) is 47.1 Å². The maximum atomic E-state index is 11.9. The summed E-state index contributed by atoms with van der Waals surface area (Å²) in [6.45, 7) is 3.47. The third kappa shape index (κ3) is 4.71. The largest absolute Gasteiger partial charge is 0.393 e. The van der Waals surface area contributed by atoms with Gasteiger partial charge in [0.25, 0.3) is 11.6 Å². The second-order valence-corrected chi connectivity index (χ2v) is 5.32. The van der Waals surface area contributed by atoms with Gasteiger partial charge in [0.1, 0.15) is 5.69 Å². The zero-order valence-corrected chi connectivity index (χ0v) is 12.7. The number of nitrogens with zero attached hydrogens (tertiary/aromatic N) is 2. The van der Waals surface area contributed by atoms with Crippen LogP contribution in [0.3, 0.4) is 0 Å². The van der Waals surface area contributed by atoms with Crippen molar-refractivity contribution in [2.24, 2.45) is 0 Å². The summed E-state index contributed by atoms with van der Waals surface area (Å²) in [4.78, 5) is 23.9. The Kier molecular flexibility index (Phi) is 5.66. The van der Waals surface area contributed by atoms with E-state index in [1.807, 2.05) is 6.92 Å². The first kappa shape index (κ1) is 16.9. The van der Waals surface area contributed by atoms with Gasteiger partial charge in [0, 0.05) is 31.8 Å². The van der Waals surface area contributed by atoms with Gasteiger partial charge < -0.3 is 15.3 Å². The second-order valence-electron chi connectivity index (χ2n) is 5.32. The molecule has 0 spiro atoms. The molecule has 1 aromatic carbocycles. The van der Waals surface area contributed by atoms with Crippen molar-refractivity contribution in [1.82, 2.24) is 4.90 Å². The Morgan fingerprint density at radius 1 is 1.43 bits per heavy atom. The Bertz CT molecular complexity index is 529. The highest BCUT2D eigenvalue weighted by atomic mass is 16.6. The quantitative estimate of drug-likeness (QED) is 0.617. The molecular formula is C14H21N3O4. The van der Waals surface area contributed by atoms with E-state index >= 15 is 0 Å². The first-order valence-corrected chi connectivity index (χ1v) is 6.67. The Balaban J connectivity index is 3.10. The third-order valence-electron chi connectivity index (χ3n) is 2.94. The number of nitro groups is 1. The molecule has 0 aliphatic rings. The van der Waals surface area contributed by atoms with Crippen LogP contribution in [-0.2, 0) is 0 Å². The monoisotopic (exact) mass is 295 g/mol. The van der Waals surface area contributed by atoms with Crippen molar-refractivity contribution in [3.8, 4) is 0 Å². The molecule has 116 valence electrons. The van der Waals surface area contributed by atoms with Crippen molar-refractivity contribution < 1.29 is 14.8 Å². The Hall–Kier alpha value is -2.15. The predicted molar refractivity (Wildman–Crippen MR) is 80.5 cm³/mol. The third-order valence-corrected chi connectivity index (χ3v) is 2.94. The van der Waals surface area contributed by atoms with Gasteiger partial charge in [-0.05, 0) is 32.4 Å². The molecule has 21 heavy (non-hydrogen) atoms. The van der Waals surface area contributed by atoms with Crippen molar-refractivity contribution in [2.45, 2.75) is 32.4 Å². The molecule has 0 saturated carbocycles. The lowest BCUT2D eigenvalue weighted by Crippen LogP contribution is -2.23. The molecule has 0 aliphatic heterocycles. The van der Waals surface area contributed by atoms with Crippen LogP contribution in [0.2, 0.25) is 0 Å². The number of hydrogen-bond acceptors (Lipinski definition) is 5.